The van der Waals surface area contributed by atoms with E-state index in [0.717, 1.165) is 11.8 Å². The monoisotopic (exact) mass is 245 g/mol. The minimum absolute atomic E-state index is 0.801. The first-order chi connectivity index (χ1) is 8.26. The SMILES string of the molecule is CSc1ccc(C2=CC3CN(C)CC3C2)cc1. The molecule has 3 rings (SSSR count). The lowest BCUT2D eigenvalue weighted by molar-refractivity contribution is 0.395. The van der Waals surface area contributed by atoms with Crippen molar-refractivity contribution in [2.75, 3.05) is 26.4 Å². The summed E-state index contributed by atoms with van der Waals surface area (Å²) < 4.78 is 0. The fourth-order valence-electron chi connectivity index (χ4n) is 3.15. The van der Waals surface area contributed by atoms with Gasteiger partial charge >= 0.3 is 0 Å². The Morgan fingerprint density at radius 3 is 2.59 bits per heavy atom. The first-order valence-corrected chi connectivity index (χ1v) is 7.52. The molecule has 1 aromatic carbocycles. The molecule has 0 spiro atoms. The molecule has 1 aliphatic heterocycles. The van der Waals surface area contributed by atoms with Crippen molar-refractivity contribution in [3.05, 3.63) is 35.9 Å². The Hall–Kier alpha value is -0.730. The number of allylic oxidation sites excluding steroid dienone is 1. The molecule has 0 bridgehead atoms. The molecule has 0 radical (unpaired) electrons. The fourth-order valence-corrected chi connectivity index (χ4v) is 3.56. The maximum atomic E-state index is 2.52. The van der Waals surface area contributed by atoms with Gasteiger partial charge in [0.2, 0.25) is 0 Å². The van der Waals surface area contributed by atoms with Gasteiger partial charge in [0.05, 0.1) is 0 Å². The Morgan fingerprint density at radius 1 is 1.18 bits per heavy atom. The molecular weight excluding hydrogens is 226 g/mol. The van der Waals surface area contributed by atoms with Gasteiger partial charge in [0.15, 0.2) is 0 Å². The number of rotatable bonds is 2. The van der Waals surface area contributed by atoms with Gasteiger partial charge in [-0.1, -0.05) is 18.2 Å². The highest BCUT2D eigenvalue weighted by molar-refractivity contribution is 7.98. The van der Waals surface area contributed by atoms with Crippen LogP contribution >= 0.6 is 11.8 Å². The summed E-state index contributed by atoms with van der Waals surface area (Å²) in [7, 11) is 2.24. The van der Waals surface area contributed by atoms with Crippen molar-refractivity contribution in [1.82, 2.24) is 4.90 Å². The highest BCUT2D eigenvalue weighted by Crippen LogP contribution is 2.40. The second kappa shape index (κ2) is 4.51. The summed E-state index contributed by atoms with van der Waals surface area (Å²) in [5.74, 6) is 1.67. The van der Waals surface area contributed by atoms with E-state index in [1.54, 1.807) is 5.57 Å². The van der Waals surface area contributed by atoms with E-state index in [9.17, 15) is 0 Å². The van der Waals surface area contributed by atoms with Gasteiger partial charge in [-0.2, -0.15) is 0 Å². The second-order valence-electron chi connectivity index (χ2n) is 5.27. The summed E-state index contributed by atoms with van der Waals surface area (Å²) >= 11 is 1.81. The molecule has 1 saturated heterocycles. The Morgan fingerprint density at radius 2 is 1.94 bits per heavy atom. The van der Waals surface area contributed by atoms with Crippen LogP contribution < -0.4 is 0 Å². The molecular formula is C15H19NS. The van der Waals surface area contributed by atoms with Gasteiger partial charge < -0.3 is 4.90 Å². The van der Waals surface area contributed by atoms with Crippen LogP contribution in [0.5, 0.6) is 0 Å². The maximum absolute atomic E-state index is 2.52. The number of benzene rings is 1. The van der Waals surface area contributed by atoms with E-state index >= 15 is 0 Å². The van der Waals surface area contributed by atoms with Crippen LogP contribution in [0, 0.1) is 11.8 Å². The van der Waals surface area contributed by atoms with E-state index in [2.05, 4.69) is 48.5 Å². The maximum Gasteiger partial charge on any atom is 0.00695 e. The number of fused-ring (bicyclic) bond motifs is 1. The molecule has 1 fully saturated rings. The summed E-state index contributed by atoms with van der Waals surface area (Å²) in [6, 6.07) is 9.03. The van der Waals surface area contributed by atoms with Crippen LogP contribution in [0.2, 0.25) is 0 Å². The van der Waals surface area contributed by atoms with Crippen LogP contribution in [0.25, 0.3) is 5.57 Å². The molecule has 2 heteroatoms. The minimum Gasteiger partial charge on any atom is -0.305 e. The van der Waals surface area contributed by atoms with Gasteiger partial charge in [0, 0.05) is 18.0 Å². The average Bonchev–Trinajstić information content (AvgIpc) is 2.86. The number of thioether (sulfide) groups is 1. The first kappa shape index (κ1) is 11.4. The molecule has 2 atom stereocenters. The van der Waals surface area contributed by atoms with Crippen LogP contribution in [-0.2, 0) is 0 Å². The predicted molar refractivity (Wildman–Crippen MR) is 75.3 cm³/mol. The molecule has 0 saturated carbocycles. The topological polar surface area (TPSA) is 3.24 Å². The average molecular weight is 245 g/mol. The highest BCUT2D eigenvalue weighted by Gasteiger charge is 2.34. The van der Waals surface area contributed by atoms with Crippen LogP contribution in [0.1, 0.15) is 12.0 Å². The molecule has 0 aromatic heterocycles. The van der Waals surface area contributed by atoms with E-state index in [-0.39, 0.29) is 0 Å². The van der Waals surface area contributed by atoms with Gasteiger partial charge in [-0.15, -0.1) is 11.8 Å². The standard InChI is InChI=1S/C15H19NS/c1-16-9-13-7-12(8-14(13)10-16)11-3-5-15(17-2)6-4-11/h3-7,13-14H,8-10H2,1-2H3. The number of hydrogen-bond donors (Lipinski definition) is 0. The van der Waals surface area contributed by atoms with Crippen molar-refractivity contribution in [2.45, 2.75) is 11.3 Å². The van der Waals surface area contributed by atoms with Gasteiger partial charge in [-0.05, 0) is 54.8 Å². The van der Waals surface area contributed by atoms with E-state index in [1.807, 2.05) is 11.8 Å². The zero-order chi connectivity index (χ0) is 11.8. The highest BCUT2D eigenvalue weighted by atomic mass is 32.2. The summed E-state index contributed by atoms with van der Waals surface area (Å²) in [5, 5.41) is 0. The Kier molecular flexibility index (Phi) is 3.01. The van der Waals surface area contributed by atoms with Crippen molar-refractivity contribution in [3.63, 3.8) is 0 Å². The van der Waals surface area contributed by atoms with Crippen molar-refractivity contribution in [1.29, 1.82) is 0 Å². The zero-order valence-corrected chi connectivity index (χ0v) is 11.3. The van der Waals surface area contributed by atoms with Gasteiger partial charge in [0.1, 0.15) is 0 Å². The van der Waals surface area contributed by atoms with E-state index in [4.69, 9.17) is 0 Å². The molecule has 2 aliphatic rings. The smallest absolute Gasteiger partial charge is 0.00695 e. The molecule has 90 valence electrons. The molecule has 0 amide bonds. The minimum atomic E-state index is 0.801. The van der Waals surface area contributed by atoms with Crippen molar-refractivity contribution < 1.29 is 0 Å². The van der Waals surface area contributed by atoms with E-state index < -0.39 is 0 Å². The van der Waals surface area contributed by atoms with Crippen LogP contribution in [0.15, 0.2) is 35.2 Å². The summed E-state index contributed by atoms with van der Waals surface area (Å²) in [4.78, 5) is 3.81. The summed E-state index contributed by atoms with van der Waals surface area (Å²) in [6.45, 7) is 2.52. The normalized spacial score (nSPS) is 28.2. The zero-order valence-electron chi connectivity index (χ0n) is 10.5. The first-order valence-electron chi connectivity index (χ1n) is 6.30. The number of hydrogen-bond acceptors (Lipinski definition) is 2. The summed E-state index contributed by atoms with van der Waals surface area (Å²) in [6.07, 6.45) is 5.92. The largest absolute Gasteiger partial charge is 0.305 e. The Labute approximate surface area is 108 Å². The van der Waals surface area contributed by atoms with Crippen molar-refractivity contribution in [3.8, 4) is 0 Å². The molecule has 1 aliphatic carbocycles. The second-order valence-corrected chi connectivity index (χ2v) is 6.15. The summed E-state index contributed by atoms with van der Waals surface area (Å²) in [5.41, 5.74) is 3.00. The van der Waals surface area contributed by atoms with Crippen molar-refractivity contribution in [2.24, 2.45) is 11.8 Å². The lowest BCUT2D eigenvalue weighted by Gasteiger charge is -2.10. The Balaban J connectivity index is 1.79. The predicted octanol–water partition coefficient (Wildman–Crippen LogP) is 3.37. The third-order valence-electron chi connectivity index (χ3n) is 4.03. The quantitative estimate of drug-likeness (QED) is 0.735. The van der Waals surface area contributed by atoms with Crippen molar-refractivity contribution >= 4 is 17.3 Å². The number of likely N-dealkylation sites (tertiary alicyclic amines) is 1. The van der Waals surface area contributed by atoms with Gasteiger partial charge in [0.25, 0.3) is 0 Å². The molecule has 17 heavy (non-hydrogen) atoms. The Bertz CT molecular complexity index is 435. The molecule has 0 N–H and O–H groups in total. The van der Waals surface area contributed by atoms with E-state index in [0.29, 0.717) is 0 Å². The molecule has 2 unspecified atom stereocenters. The van der Waals surface area contributed by atoms with Gasteiger partial charge in [-0.3, -0.25) is 0 Å². The lowest BCUT2D eigenvalue weighted by Crippen LogP contribution is -2.14. The van der Waals surface area contributed by atoms with Crippen LogP contribution in [-0.4, -0.2) is 31.3 Å². The van der Waals surface area contributed by atoms with Crippen LogP contribution in [0.3, 0.4) is 0 Å². The molecule has 1 heterocycles. The fraction of sp³-hybridized carbons (Fsp3) is 0.467. The number of nitrogens with zero attached hydrogens (tertiary/aromatic N) is 1. The molecule has 1 aromatic rings. The molecule has 1 nitrogen and oxygen atoms in total. The van der Waals surface area contributed by atoms with Crippen LogP contribution in [0.4, 0.5) is 0 Å². The van der Waals surface area contributed by atoms with Gasteiger partial charge in [-0.25, -0.2) is 0 Å². The lowest BCUT2D eigenvalue weighted by atomic mass is 9.98. The van der Waals surface area contributed by atoms with E-state index in [1.165, 1.54) is 30.0 Å². The third kappa shape index (κ3) is 2.16. The third-order valence-corrected chi connectivity index (χ3v) is 4.78.